The molecule has 5 nitrogen and oxygen atoms in total. The SMILES string of the molecule is COc1cccc(COc2ccc3cc(-c4nc(-c5ccccc5)cs4)c(=O)oc3c2)c1. The van der Waals surface area contributed by atoms with Crippen molar-refractivity contribution in [2.45, 2.75) is 6.61 Å². The van der Waals surface area contributed by atoms with Gasteiger partial charge in [0.25, 0.3) is 0 Å². The lowest BCUT2D eigenvalue weighted by Crippen LogP contribution is -2.03. The monoisotopic (exact) mass is 441 g/mol. The van der Waals surface area contributed by atoms with Gasteiger partial charge in [-0.1, -0.05) is 42.5 Å². The Kier molecular flexibility index (Phi) is 5.44. The van der Waals surface area contributed by atoms with E-state index in [1.54, 1.807) is 13.2 Å². The highest BCUT2D eigenvalue weighted by molar-refractivity contribution is 7.13. The Balaban J connectivity index is 1.40. The van der Waals surface area contributed by atoms with Gasteiger partial charge in [0, 0.05) is 22.4 Å². The smallest absolute Gasteiger partial charge is 0.346 e. The van der Waals surface area contributed by atoms with Crippen LogP contribution in [-0.4, -0.2) is 12.1 Å². The van der Waals surface area contributed by atoms with E-state index in [2.05, 4.69) is 4.98 Å². The Hall–Kier alpha value is -3.90. The summed E-state index contributed by atoms with van der Waals surface area (Å²) in [5.74, 6) is 1.40. The zero-order chi connectivity index (χ0) is 21.9. The molecule has 3 aromatic carbocycles. The minimum absolute atomic E-state index is 0.381. The quantitative estimate of drug-likeness (QED) is 0.295. The van der Waals surface area contributed by atoms with Gasteiger partial charge in [-0.05, 0) is 35.9 Å². The Labute approximate surface area is 188 Å². The van der Waals surface area contributed by atoms with Crippen LogP contribution < -0.4 is 15.1 Å². The molecule has 0 atom stereocenters. The van der Waals surface area contributed by atoms with Crippen LogP contribution in [0.4, 0.5) is 0 Å². The summed E-state index contributed by atoms with van der Waals surface area (Å²) in [7, 11) is 1.63. The number of thiazole rings is 1. The Bertz CT molecular complexity index is 1440. The molecule has 0 saturated heterocycles. The first-order valence-corrected chi connectivity index (χ1v) is 10.9. The molecule has 0 aliphatic rings. The molecule has 2 heterocycles. The average Bonchev–Trinajstić information content (AvgIpc) is 3.33. The van der Waals surface area contributed by atoms with Gasteiger partial charge in [-0.15, -0.1) is 11.3 Å². The van der Waals surface area contributed by atoms with Crippen molar-refractivity contribution in [2.75, 3.05) is 7.11 Å². The number of nitrogens with zero attached hydrogens (tertiary/aromatic N) is 1. The maximum atomic E-state index is 12.7. The number of hydrogen-bond acceptors (Lipinski definition) is 6. The summed E-state index contributed by atoms with van der Waals surface area (Å²) in [4.78, 5) is 17.3. The number of aromatic nitrogens is 1. The lowest BCUT2D eigenvalue weighted by Gasteiger charge is -2.08. The second-order valence-corrected chi connectivity index (χ2v) is 8.05. The van der Waals surface area contributed by atoms with Crippen molar-refractivity contribution in [1.82, 2.24) is 4.98 Å². The fourth-order valence-corrected chi connectivity index (χ4v) is 4.23. The van der Waals surface area contributed by atoms with Gasteiger partial charge in [0.15, 0.2) is 0 Å². The van der Waals surface area contributed by atoms with E-state index >= 15 is 0 Å². The van der Waals surface area contributed by atoms with Crippen molar-refractivity contribution in [3.63, 3.8) is 0 Å². The molecule has 0 aliphatic carbocycles. The van der Waals surface area contributed by atoms with Crippen molar-refractivity contribution >= 4 is 22.3 Å². The highest BCUT2D eigenvalue weighted by Crippen LogP contribution is 2.30. The van der Waals surface area contributed by atoms with Crippen molar-refractivity contribution < 1.29 is 13.9 Å². The molecule has 5 aromatic rings. The highest BCUT2D eigenvalue weighted by atomic mass is 32.1. The maximum Gasteiger partial charge on any atom is 0.346 e. The molecule has 0 unspecified atom stereocenters. The molecule has 0 saturated carbocycles. The lowest BCUT2D eigenvalue weighted by atomic mass is 10.1. The molecule has 6 heteroatoms. The van der Waals surface area contributed by atoms with E-state index in [0.717, 1.165) is 28.0 Å². The Morgan fingerprint density at radius 2 is 1.81 bits per heavy atom. The van der Waals surface area contributed by atoms with E-state index in [1.807, 2.05) is 78.2 Å². The van der Waals surface area contributed by atoms with E-state index < -0.39 is 5.63 Å². The second-order valence-electron chi connectivity index (χ2n) is 7.19. The topological polar surface area (TPSA) is 61.6 Å². The van der Waals surface area contributed by atoms with E-state index in [-0.39, 0.29) is 0 Å². The summed E-state index contributed by atoms with van der Waals surface area (Å²) < 4.78 is 16.7. The minimum Gasteiger partial charge on any atom is -0.497 e. The molecule has 0 N–H and O–H groups in total. The first-order chi connectivity index (χ1) is 15.7. The van der Waals surface area contributed by atoms with Crippen LogP contribution in [0, 0.1) is 0 Å². The van der Waals surface area contributed by atoms with Gasteiger partial charge in [0.05, 0.1) is 18.4 Å². The summed E-state index contributed by atoms with van der Waals surface area (Å²) in [6, 6.07) is 24.9. The van der Waals surface area contributed by atoms with Gasteiger partial charge in [-0.25, -0.2) is 9.78 Å². The number of methoxy groups -OCH3 is 1. The summed E-state index contributed by atoms with van der Waals surface area (Å²) in [6.45, 7) is 0.381. The molecule has 0 spiro atoms. The maximum absolute atomic E-state index is 12.7. The van der Waals surface area contributed by atoms with Crippen LogP contribution in [-0.2, 0) is 6.61 Å². The van der Waals surface area contributed by atoms with Crippen LogP contribution in [0.2, 0.25) is 0 Å². The molecule has 0 fully saturated rings. The van der Waals surface area contributed by atoms with Gasteiger partial charge >= 0.3 is 5.63 Å². The number of ether oxygens (including phenoxy) is 2. The fourth-order valence-electron chi connectivity index (χ4n) is 3.40. The van der Waals surface area contributed by atoms with Gasteiger partial charge in [-0.2, -0.15) is 0 Å². The first-order valence-electron chi connectivity index (χ1n) is 10.0. The van der Waals surface area contributed by atoms with E-state index in [1.165, 1.54) is 11.3 Å². The Morgan fingerprint density at radius 1 is 0.938 bits per heavy atom. The summed E-state index contributed by atoms with van der Waals surface area (Å²) in [5.41, 5.74) is 3.34. The normalized spacial score (nSPS) is 10.9. The van der Waals surface area contributed by atoms with Crippen LogP contribution in [0.15, 0.2) is 93.5 Å². The highest BCUT2D eigenvalue weighted by Gasteiger charge is 2.13. The third kappa shape index (κ3) is 4.13. The Morgan fingerprint density at radius 3 is 2.66 bits per heavy atom. The summed E-state index contributed by atoms with van der Waals surface area (Å²) >= 11 is 1.43. The minimum atomic E-state index is -0.420. The van der Waals surface area contributed by atoms with Gasteiger partial charge < -0.3 is 13.9 Å². The molecule has 5 rings (SSSR count). The zero-order valence-electron chi connectivity index (χ0n) is 17.3. The van der Waals surface area contributed by atoms with E-state index in [9.17, 15) is 4.79 Å². The third-order valence-electron chi connectivity index (χ3n) is 5.05. The van der Waals surface area contributed by atoms with E-state index in [4.69, 9.17) is 13.9 Å². The number of hydrogen-bond donors (Lipinski definition) is 0. The molecule has 158 valence electrons. The van der Waals surface area contributed by atoms with E-state index in [0.29, 0.717) is 28.5 Å². The van der Waals surface area contributed by atoms with Gasteiger partial charge in [0.1, 0.15) is 28.7 Å². The predicted octanol–water partition coefficient (Wildman–Crippen LogP) is 6.17. The summed E-state index contributed by atoms with van der Waals surface area (Å²) in [5, 5.41) is 3.40. The van der Waals surface area contributed by atoms with Crippen LogP contribution in [0.3, 0.4) is 0 Å². The van der Waals surface area contributed by atoms with Crippen LogP contribution in [0.5, 0.6) is 11.5 Å². The third-order valence-corrected chi connectivity index (χ3v) is 5.93. The molecule has 2 aromatic heterocycles. The summed E-state index contributed by atoms with van der Waals surface area (Å²) in [6.07, 6.45) is 0. The molecule has 0 bridgehead atoms. The van der Waals surface area contributed by atoms with Gasteiger partial charge in [-0.3, -0.25) is 0 Å². The number of fused-ring (bicyclic) bond motifs is 1. The van der Waals surface area contributed by atoms with Crippen molar-refractivity contribution in [3.8, 4) is 33.3 Å². The number of benzene rings is 3. The molecule has 32 heavy (non-hydrogen) atoms. The van der Waals surface area contributed by atoms with Crippen LogP contribution in [0.25, 0.3) is 32.8 Å². The molecule has 0 amide bonds. The number of rotatable bonds is 6. The molecule has 0 aliphatic heterocycles. The van der Waals surface area contributed by atoms with Crippen molar-refractivity contribution in [2.24, 2.45) is 0 Å². The predicted molar refractivity (Wildman–Crippen MR) is 126 cm³/mol. The second kappa shape index (κ2) is 8.69. The van der Waals surface area contributed by atoms with Crippen LogP contribution in [0.1, 0.15) is 5.56 Å². The standard InChI is InChI=1S/C26H19NO4S/c1-29-20-9-5-6-17(12-20)15-30-21-11-10-19-13-22(26(28)31-24(19)14-21)25-27-23(16-32-25)18-7-3-2-4-8-18/h2-14,16H,15H2,1H3. The van der Waals surface area contributed by atoms with Crippen molar-refractivity contribution in [3.05, 3.63) is 100 Å². The molecular weight excluding hydrogens is 422 g/mol. The van der Waals surface area contributed by atoms with Gasteiger partial charge in [0.2, 0.25) is 0 Å². The van der Waals surface area contributed by atoms with Crippen LogP contribution >= 0.6 is 11.3 Å². The first kappa shape index (κ1) is 20.0. The molecular formula is C26H19NO4S. The zero-order valence-corrected chi connectivity index (χ0v) is 18.1. The van der Waals surface area contributed by atoms with Crippen molar-refractivity contribution in [1.29, 1.82) is 0 Å². The average molecular weight is 442 g/mol. The fraction of sp³-hybridized carbons (Fsp3) is 0.0769. The largest absolute Gasteiger partial charge is 0.497 e. The lowest BCUT2D eigenvalue weighted by molar-refractivity contribution is 0.305. The molecule has 0 radical (unpaired) electrons.